The first-order valence-corrected chi connectivity index (χ1v) is 19.2. The van der Waals surface area contributed by atoms with E-state index in [0.717, 1.165) is 60.7 Å². The van der Waals surface area contributed by atoms with Gasteiger partial charge in [-0.2, -0.15) is 0 Å². The molecule has 2 aliphatic rings. The summed E-state index contributed by atoms with van der Waals surface area (Å²) in [6.07, 6.45) is -6.78. The molecule has 0 radical (unpaired) electrons. The summed E-state index contributed by atoms with van der Waals surface area (Å²) < 4.78 is 24.3. The number of hydrogen-bond donors (Lipinski definition) is 14. The van der Waals surface area contributed by atoms with E-state index in [1.807, 2.05) is 0 Å². The van der Waals surface area contributed by atoms with E-state index in [-0.39, 0.29) is 57.7 Å². The summed E-state index contributed by atoms with van der Waals surface area (Å²) in [5.41, 5.74) is -0.942. The van der Waals surface area contributed by atoms with Crippen LogP contribution in [0.3, 0.4) is 0 Å². The molecule has 2 heterocycles. The van der Waals surface area contributed by atoms with Crippen molar-refractivity contribution in [3.63, 3.8) is 0 Å². The maximum Gasteiger partial charge on any atom is 0.338 e. The fourth-order valence-electron chi connectivity index (χ4n) is 7.72. The highest BCUT2D eigenvalue weighted by Gasteiger charge is 2.42. The number of rotatable bonds is 8. The van der Waals surface area contributed by atoms with Gasteiger partial charge in [0.2, 0.25) is 0 Å². The normalized spacial score (nSPS) is 17.5. The highest BCUT2D eigenvalue weighted by Crippen LogP contribution is 2.52. The van der Waals surface area contributed by atoms with Crippen molar-refractivity contribution in [2.75, 3.05) is 0 Å². The molecule has 0 saturated carbocycles. The Morgan fingerprint density at radius 2 is 0.785 bits per heavy atom. The fourth-order valence-corrected chi connectivity index (χ4v) is 7.72. The van der Waals surface area contributed by atoms with Gasteiger partial charge in [0.15, 0.2) is 69.7 Å². The zero-order chi connectivity index (χ0) is 46.8. The summed E-state index contributed by atoms with van der Waals surface area (Å²) in [6.45, 7) is 0. The van der Waals surface area contributed by atoms with Gasteiger partial charge in [-0.25, -0.2) is 9.59 Å². The molecule has 6 aromatic carbocycles. The SMILES string of the molecule is O=C(O[C@H]1Cc2c(O)cc(O)c(Cc3c(O)cc(O)c4c3O[C@H](c3ccc(O)c(O)c3)[C@@H](OC(=O)c3cc(O)c(O)c(O)c3)C4)c2O[C@@H]1c1ccc(O)c(O)c1)c1cc(O)c(O)c(O)c1. The van der Waals surface area contributed by atoms with Gasteiger partial charge in [-0.3, -0.25) is 0 Å². The number of carbonyl (C=O) groups is 2. The van der Waals surface area contributed by atoms with Crippen LogP contribution in [0.2, 0.25) is 0 Å². The molecule has 4 atom stereocenters. The smallest absolute Gasteiger partial charge is 0.338 e. The molecule has 0 spiro atoms. The van der Waals surface area contributed by atoms with Gasteiger partial charge in [0, 0.05) is 64.8 Å². The lowest BCUT2D eigenvalue weighted by molar-refractivity contribution is -0.0193. The first kappa shape index (κ1) is 42.7. The maximum atomic E-state index is 13.4. The quantitative estimate of drug-likeness (QED) is 0.0709. The highest BCUT2D eigenvalue weighted by molar-refractivity contribution is 5.92. The van der Waals surface area contributed by atoms with Crippen molar-refractivity contribution in [1.29, 1.82) is 0 Å². The summed E-state index contributed by atoms with van der Waals surface area (Å²) in [6, 6.07) is 12.3. The molecule has 20 heteroatoms. The third-order valence-corrected chi connectivity index (χ3v) is 11.0. The molecule has 65 heavy (non-hydrogen) atoms. The van der Waals surface area contributed by atoms with Gasteiger partial charge >= 0.3 is 11.9 Å². The lowest BCUT2D eigenvalue weighted by Gasteiger charge is -2.36. The molecular formula is C45H36O20. The lowest BCUT2D eigenvalue weighted by atomic mass is 9.88. The Labute approximate surface area is 364 Å². The van der Waals surface area contributed by atoms with Crippen molar-refractivity contribution in [2.45, 2.75) is 43.7 Å². The average molecular weight is 897 g/mol. The van der Waals surface area contributed by atoms with Crippen LogP contribution in [0.5, 0.6) is 92.0 Å². The second-order valence-electron chi connectivity index (χ2n) is 15.2. The van der Waals surface area contributed by atoms with Gasteiger partial charge in [-0.15, -0.1) is 0 Å². The zero-order valence-electron chi connectivity index (χ0n) is 33.1. The molecule has 0 saturated heterocycles. The van der Waals surface area contributed by atoms with Crippen LogP contribution < -0.4 is 9.47 Å². The van der Waals surface area contributed by atoms with E-state index >= 15 is 0 Å². The minimum Gasteiger partial charge on any atom is -0.507 e. The maximum absolute atomic E-state index is 13.4. The summed E-state index contributed by atoms with van der Waals surface area (Å²) in [5.74, 6) is -12.4. The van der Waals surface area contributed by atoms with Crippen molar-refractivity contribution in [3.05, 3.63) is 117 Å². The van der Waals surface area contributed by atoms with Crippen LogP contribution in [-0.4, -0.2) is 95.6 Å². The summed E-state index contributed by atoms with van der Waals surface area (Å²) in [4.78, 5) is 26.9. The molecule has 0 amide bonds. The molecule has 0 aromatic heterocycles. The van der Waals surface area contributed by atoms with Crippen LogP contribution in [0, 0.1) is 0 Å². The summed E-state index contributed by atoms with van der Waals surface area (Å²) in [7, 11) is 0. The van der Waals surface area contributed by atoms with E-state index in [0.29, 0.717) is 0 Å². The average Bonchev–Trinajstić information content (AvgIpc) is 3.25. The third kappa shape index (κ3) is 7.79. The largest absolute Gasteiger partial charge is 0.507 e. The molecule has 6 aromatic rings. The van der Waals surface area contributed by atoms with E-state index in [4.69, 9.17) is 18.9 Å². The number of phenolic OH excluding ortho intramolecular Hbond substituents is 14. The molecule has 336 valence electrons. The molecule has 20 nitrogen and oxygen atoms in total. The Morgan fingerprint density at radius 3 is 1.12 bits per heavy atom. The molecule has 0 unspecified atom stereocenters. The van der Waals surface area contributed by atoms with E-state index in [1.54, 1.807) is 0 Å². The summed E-state index contributed by atoms with van der Waals surface area (Å²) >= 11 is 0. The standard InChI is InChI=1S/C45H36O20/c46-24-3-1-16(5-30(24)52)40-36(62-44(60)18-7-32(54)38(58)33(55)8-18)12-22-28(50)14-26(48)20(42(22)64-40)11-21-27(49)15-29(51)23-13-37(63-45(61)19-9-34(56)39(59)35(57)10-19)41(65-43(21)23)17-2-4-25(47)31(53)6-17/h1-10,14-15,36-37,40-41,46-59H,11-13H2/t36-,37-,40+,41+/m0/s1. The second-order valence-corrected chi connectivity index (χ2v) is 15.2. The zero-order valence-corrected chi connectivity index (χ0v) is 33.1. The molecule has 0 bridgehead atoms. The number of carbonyl (C=O) groups excluding carboxylic acids is 2. The minimum atomic E-state index is -1.39. The number of ether oxygens (including phenoxy) is 4. The number of benzene rings is 6. The van der Waals surface area contributed by atoms with Gasteiger partial charge in [0.25, 0.3) is 0 Å². The number of hydrogen-bond acceptors (Lipinski definition) is 20. The second kappa shape index (κ2) is 16.1. The van der Waals surface area contributed by atoms with Crippen LogP contribution in [0.15, 0.2) is 72.8 Å². The predicted molar refractivity (Wildman–Crippen MR) is 217 cm³/mol. The van der Waals surface area contributed by atoms with E-state index in [1.165, 1.54) is 12.1 Å². The third-order valence-electron chi connectivity index (χ3n) is 11.0. The van der Waals surface area contributed by atoms with Crippen molar-refractivity contribution < 1.29 is 100 Å². The van der Waals surface area contributed by atoms with Gasteiger partial charge in [0.1, 0.15) is 46.7 Å². The van der Waals surface area contributed by atoms with E-state index in [9.17, 15) is 81.1 Å². The van der Waals surface area contributed by atoms with Gasteiger partial charge in [0.05, 0.1) is 11.1 Å². The van der Waals surface area contributed by atoms with Crippen LogP contribution in [0.25, 0.3) is 0 Å². The lowest BCUT2D eigenvalue weighted by Crippen LogP contribution is -2.35. The van der Waals surface area contributed by atoms with E-state index < -0.39 is 134 Å². The minimum absolute atomic E-state index is 0.0463. The predicted octanol–water partition coefficient (Wildman–Crippen LogP) is 4.96. The number of fused-ring (bicyclic) bond motifs is 2. The van der Waals surface area contributed by atoms with Crippen molar-refractivity contribution >= 4 is 11.9 Å². The van der Waals surface area contributed by atoms with Crippen LogP contribution >= 0.6 is 0 Å². The molecule has 0 aliphatic carbocycles. The number of aromatic hydroxyl groups is 14. The van der Waals surface area contributed by atoms with Crippen LogP contribution in [0.4, 0.5) is 0 Å². The van der Waals surface area contributed by atoms with Gasteiger partial charge in [-0.05, 0) is 48.5 Å². The monoisotopic (exact) mass is 896 g/mol. The summed E-state index contributed by atoms with van der Waals surface area (Å²) in [5, 5.41) is 146. The van der Waals surface area contributed by atoms with Crippen molar-refractivity contribution in [2.24, 2.45) is 0 Å². The number of esters is 2. The van der Waals surface area contributed by atoms with Gasteiger partial charge in [-0.1, -0.05) is 12.1 Å². The Balaban J connectivity index is 1.20. The molecule has 0 fully saturated rings. The first-order chi connectivity index (χ1) is 30.8. The Morgan fingerprint density at radius 1 is 0.431 bits per heavy atom. The molecular weight excluding hydrogens is 860 g/mol. The fraction of sp³-hybridized carbons (Fsp3) is 0.156. The Bertz CT molecular complexity index is 2700. The first-order valence-electron chi connectivity index (χ1n) is 19.2. The van der Waals surface area contributed by atoms with E-state index in [2.05, 4.69) is 0 Å². The topological polar surface area (TPSA) is 354 Å². The Hall–Kier alpha value is -8.94. The molecule has 8 rings (SSSR count). The van der Waals surface area contributed by atoms with Crippen LogP contribution in [-0.2, 0) is 28.7 Å². The van der Waals surface area contributed by atoms with Crippen molar-refractivity contribution in [3.8, 4) is 92.0 Å². The van der Waals surface area contributed by atoms with Crippen LogP contribution in [0.1, 0.15) is 66.3 Å². The number of phenols is 14. The van der Waals surface area contributed by atoms with Gasteiger partial charge < -0.3 is 90.4 Å². The Kier molecular flexibility index (Phi) is 10.6. The molecule has 2 aliphatic heterocycles. The van der Waals surface area contributed by atoms with Crippen molar-refractivity contribution in [1.82, 2.24) is 0 Å². The molecule has 14 N–H and O–H groups in total. The highest BCUT2D eigenvalue weighted by atomic mass is 16.6.